The fraction of sp³-hybridized carbons (Fsp3) is 0.286. The van der Waals surface area contributed by atoms with Crippen molar-refractivity contribution in [3.63, 3.8) is 0 Å². The fourth-order valence-electron chi connectivity index (χ4n) is 2.31. The van der Waals surface area contributed by atoms with E-state index in [0.29, 0.717) is 37.8 Å². The molecular formula is C14H15N3O5S2. The van der Waals surface area contributed by atoms with Crippen LogP contribution in [0.2, 0.25) is 0 Å². The monoisotopic (exact) mass is 369 g/mol. The van der Waals surface area contributed by atoms with Crippen molar-refractivity contribution < 1.29 is 23.1 Å². The summed E-state index contributed by atoms with van der Waals surface area (Å²) in [6.07, 6.45) is 0. The first kappa shape index (κ1) is 16.7. The number of nitrogens with zero attached hydrogens (tertiary/aromatic N) is 3. The molecule has 0 saturated carbocycles. The summed E-state index contributed by atoms with van der Waals surface area (Å²) < 4.78 is 29.7. The largest absolute Gasteiger partial charge is 0.478 e. The Morgan fingerprint density at radius 3 is 2.50 bits per heavy atom. The van der Waals surface area contributed by atoms with E-state index >= 15 is 0 Å². The molecule has 0 bridgehead atoms. The number of ether oxygens (including phenoxy) is 1. The first-order valence-corrected chi connectivity index (χ1v) is 9.13. The number of carbonyl (C=O) groups is 1. The van der Waals surface area contributed by atoms with Gasteiger partial charge in [0.2, 0.25) is 10.9 Å². The third kappa shape index (κ3) is 3.50. The highest BCUT2D eigenvalue weighted by molar-refractivity contribution is 7.74. The van der Waals surface area contributed by atoms with Crippen molar-refractivity contribution in [3.8, 4) is 0 Å². The van der Waals surface area contributed by atoms with Crippen LogP contribution in [-0.4, -0.2) is 50.8 Å². The molecule has 10 heteroatoms. The maximum atomic E-state index is 11.7. The second kappa shape index (κ2) is 7.16. The molecule has 0 atom stereocenters. The lowest BCUT2D eigenvalue weighted by Gasteiger charge is -2.26. The van der Waals surface area contributed by atoms with Crippen LogP contribution in [0.1, 0.15) is 10.4 Å². The predicted octanol–water partition coefficient (Wildman–Crippen LogP) is 1.34. The molecule has 1 aromatic heterocycles. The van der Waals surface area contributed by atoms with Crippen molar-refractivity contribution in [2.75, 3.05) is 35.5 Å². The molecule has 1 aliphatic heterocycles. The second-order valence-corrected chi connectivity index (χ2v) is 6.70. The van der Waals surface area contributed by atoms with Gasteiger partial charge in [-0.05, 0) is 24.3 Å². The lowest BCUT2D eigenvalue weighted by Crippen LogP contribution is -2.36. The molecule has 0 unspecified atom stereocenters. The van der Waals surface area contributed by atoms with Crippen LogP contribution in [0.3, 0.4) is 0 Å². The number of thiol groups is 1. The topological polar surface area (TPSA) is 100 Å². The highest BCUT2D eigenvalue weighted by Gasteiger charge is 2.19. The number of anilines is 3. The van der Waals surface area contributed by atoms with E-state index in [2.05, 4.69) is 4.98 Å². The number of carboxylic acid groups (broad SMARTS) is 1. The third-order valence-electron chi connectivity index (χ3n) is 3.50. The standard InChI is InChI=1S/C14H15N3O5S2/c18-13(19)10-1-3-11(4-2-10)17(24(20)21)12-9-23-14(15-12)16-5-7-22-8-6-16/h1-4,9,24H,5-8H2,(H,18,19). The van der Waals surface area contributed by atoms with Gasteiger partial charge in [-0.1, -0.05) is 0 Å². The Hall–Kier alpha value is -2.17. The van der Waals surface area contributed by atoms with Crippen LogP contribution in [0.15, 0.2) is 29.6 Å². The molecule has 2 heterocycles. The van der Waals surface area contributed by atoms with Crippen LogP contribution >= 0.6 is 11.3 Å². The summed E-state index contributed by atoms with van der Waals surface area (Å²) >= 11 is 1.36. The van der Waals surface area contributed by atoms with Crippen molar-refractivity contribution >= 4 is 44.8 Å². The first-order valence-electron chi connectivity index (χ1n) is 7.12. The van der Waals surface area contributed by atoms with E-state index in [4.69, 9.17) is 9.84 Å². The van der Waals surface area contributed by atoms with Gasteiger partial charge in [0.15, 0.2) is 10.9 Å². The van der Waals surface area contributed by atoms with E-state index in [1.54, 1.807) is 5.38 Å². The number of hydrogen-bond donors (Lipinski definition) is 2. The van der Waals surface area contributed by atoms with E-state index in [1.165, 1.54) is 35.6 Å². The number of morpholine rings is 1. The van der Waals surface area contributed by atoms with Gasteiger partial charge >= 0.3 is 5.97 Å². The SMILES string of the molecule is O=C(O)c1ccc(N(c2csc(N3CCOCC3)n2)[SH](=O)=O)cc1. The minimum absolute atomic E-state index is 0.0899. The van der Waals surface area contributed by atoms with Crippen LogP contribution in [-0.2, 0) is 15.6 Å². The zero-order valence-electron chi connectivity index (χ0n) is 12.5. The van der Waals surface area contributed by atoms with E-state index < -0.39 is 16.9 Å². The zero-order chi connectivity index (χ0) is 17.1. The van der Waals surface area contributed by atoms with E-state index in [1.807, 2.05) is 4.90 Å². The summed E-state index contributed by atoms with van der Waals surface area (Å²) in [5.74, 6) is -0.774. The van der Waals surface area contributed by atoms with Crippen molar-refractivity contribution in [3.05, 3.63) is 35.2 Å². The molecule has 128 valence electrons. The van der Waals surface area contributed by atoms with Crippen molar-refractivity contribution in [1.82, 2.24) is 4.98 Å². The summed E-state index contributed by atoms with van der Waals surface area (Å²) in [4.78, 5) is 17.4. The molecular weight excluding hydrogens is 354 g/mol. The normalized spacial score (nSPS) is 14.8. The van der Waals surface area contributed by atoms with Gasteiger partial charge in [-0.2, -0.15) is 0 Å². The molecule has 0 radical (unpaired) electrons. The quantitative estimate of drug-likeness (QED) is 0.767. The molecule has 24 heavy (non-hydrogen) atoms. The summed E-state index contributed by atoms with van der Waals surface area (Å²) in [5, 5.41) is 11.3. The number of aromatic carboxylic acids is 1. The van der Waals surface area contributed by atoms with Crippen LogP contribution in [0.4, 0.5) is 16.6 Å². The molecule has 0 aliphatic carbocycles. The van der Waals surface area contributed by atoms with Gasteiger partial charge in [-0.3, -0.25) is 0 Å². The van der Waals surface area contributed by atoms with Crippen molar-refractivity contribution in [2.24, 2.45) is 0 Å². The van der Waals surface area contributed by atoms with Gasteiger partial charge in [0.25, 0.3) is 0 Å². The number of thiazole rings is 1. The van der Waals surface area contributed by atoms with Gasteiger partial charge in [-0.25, -0.2) is 22.5 Å². The molecule has 0 amide bonds. The average Bonchev–Trinajstić information content (AvgIpc) is 3.05. The number of aromatic nitrogens is 1. The average molecular weight is 369 g/mol. The van der Waals surface area contributed by atoms with Crippen molar-refractivity contribution in [2.45, 2.75) is 0 Å². The zero-order valence-corrected chi connectivity index (χ0v) is 14.2. The summed E-state index contributed by atoms with van der Waals surface area (Å²) in [5.41, 5.74) is 0.432. The van der Waals surface area contributed by atoms with Crippen LogP contribution in [0.5, 0.6) is 0 Å². The molecule has 1 aliphatic rings. The maximum absolute atomic E-state index is 11.7. The van der Waals surface area contributed by atoms with Gasteiger partial charge in [0.05, 0.1) is 24.5 Å². The minimum Gasteiger partial charge on any atom is -0.478 e. The molecule has 1 saturated heterocycles. The van der Waals surface area contributed by atoms with Gasteiger partial charge < -0.3 is 14.7 Å². The molecule has 2 aromatic rings. The lowest BCUT2D eigenvalue weighted by molar-refractivity contribution is 0.0697. The predicted molar refractivity (Wildman–Crippen MR) is 91.0 cm³/mol. The Morgan fingerprint density at radius 1 is 1.25 bits per heavy atom. The van der Waals surface area contributed by atoms with Crippen LogP contribution < -0.4 is 9.21 Å². The lowest BCUT2D eigenvalue weighted by atomic mass is 10.2. The Morgan fingerprint density at radius 2 is 1.92 bits per heavy atom. The van der Waals surface area contributed by atoms with Crippen LogP contribution in [0.25, 0.3) is 0 Å². The maximum Gasteiger partial charge on any atom is 0.335 e. The third-order valence-corrected chi connectivity index (χ3v) is 5.15. The van der Waals surface area contributed by atoms with E-state index in [9.17, 15) is 13.2 Å². The summed E-state index contributed by atoms with van der Waals surface area (Å²) in [6.45, 7) is 2.66. The number of benzene rings is 1. The smallest absolute Gasteiger partial charge is 0.335 e. The molecule has 8 nitrogen and oxygen atoms in total. The Kier molecular flexibility index (Phi) is 4.97. The number of carboxylic acids is 1. The summed E-state index contributed by atoms with van der Waals surface area (Å²) in [7, 11) is -2.96. The first-order chi connectivity index (χ1) is 11.6. The minimum atomic E-state index is -2.96. The van der Waals surface area contributed by atoms with Gasteiger partial charge in [-0.15, -0.1) is 11.3 Å². The Balaban J connectivity index is 1.88. The van der Waals surface area contributed by atoms with E-state index in [0.717, 1.165) is 9.44 Å². The number of rotatable bonds is 5. The molecule has 3 rings (SSSR count). The van der Waals surface area contributed by atoms with E-state index in [-0.39, 0.29) is 5.56 Å². The Labute approximate surface area is 144 Å². The number of hydrogen-bond acceptors (Lipinski definition) is 7. The molecule has 1 N–H and O–H groups in total. The highest BCUT2D eigenvalue weighted by Crippen LogP contribution is 2.31. The van der Waals surface area contributed by atoms with Gasteiger partial charge in [0, 0.05) is 18.5 Å². The highest BCUT2D eigenvalue weighted by atomic mass is 32.2. The fourth-order valence-corrected chi connectivity index (χ4v) is 3.83. The Bertz CT molecular complexity index is 789. The van der Waals surface area contributed by atoms with Gasteiger partial charge in [0.1, 0.15) is 0 Å². The second-order valence-electron chi connectivity index (χ2n) is 4.99. The van der Waals surface area contributed by atoms with Crippen molar-refractivity contribution in [1.29, 1.82) is 0 Å². The molecule has 0 spiro atoms. The summed E-state index contributed by atoms with van der Waals surface area (Å²) in [6, 6.07) is 5.61. The van der Waals surface area contributed by atoms with Crippen LogP contribution in [0, 0.1) is 0 Å². The molecule has 1 fully saturated rings. The molecule has 1 aromatic carbocycles.